The Labute approximate surface area is 132 Å². The first-order valence-corrected chi connectivity index (χ1v) is 8.15. The fraction of sp³-hybridized carbons (Fsp3) is 0.647. The third-order valence-corrected chi connectivity index (χ3v) is 4.69. The van der Waals surface area contributed by atoms with E-state index in [-0.39, 0.29) is 11.5 Å². The molecule has 0 heterocycles. The molecule has 2 N–H and O–H groups in total. The standard InChI is InChI=1S/C17H26ClNO2/c1-12(2)21-16-14(20-3)8-7-13(18)15(16)17(11-19)9-5-4-6-10-17/h7-8,12H,4-6,9-11,19H2,1-3H3. The average molecular weight is 312 g/mol. The highest BCUT2D eigenvalue weighted by Gasteiger charge is 2.38. The minimum Gasteiger partial charge on any atom is -0.493 e. The molecule has 118 valence electrons. The Morgan fingerprint density at radius 1 is 1.24 bits per heavy atom. The van der Waals surface area contributed by atoms with E-state index in [1.54, 1.807) is 7.11 Å². The molecule has 2 rings (SSSR count). The second kappa shape index (κ2) is 6.89. The molecule has 1 aliphatic rings. The predicted molar refractivity (Wildman–Crippen MR) is 87.6 cm³/mol. The molecule has 1 saturated carbocycles. The quantitative estimate of drug-likeness (QED) is 0.882. The molecule has 4 heteroatoms. The van der Waals surface area contributed by atoms with Crippen LogP contribution in [0.1, 0.15) is 51.5 Å². The smallest absolute Gasteiger partial charge is 0.166 e. The van der Waals surface area contributed by atoms with E-state index >= 15 is 0 Å². The van der Waals surface area contributed by atoms with Gasteiger partial charge in [-0.1, -0.05) is 30.9 Å². The van der Waals surface area contributed by atoms with Crippen molar-refractivity contribution in [3.05, 3.63) is 22.7 Å². The zero-order valence-corrected chi connectivity index (χ0v) is 14.0. The van der Waals surface area contributed by atoms with Gasteiger partial charge in [-0.25, -0.2) is 0 Å². The van der Waals surface area contributed by atoms with E-state index in [1.807, 2.05) is 26.0 Å². The molecule has 0 amide bonds. The summed E-state index contributed by atoms with van der Waals surface area (Å²) in [5, 5.41) is 0.735. The minimum absolute atomic E-state index is 0.0644. The first kappa shape index (κ1) is 16.4. The molecule has 21 heavy (non-hydrogen) atoms. The summed E-state index contributed by atoms with van der Waals surface area (Å²) in [5.74, 6) is 1.51. The number of methoxy groups -OCH3 is 1. The summed E-state index contributed by atoms with van der Waals surface area (Å²) in [6, 6.07) is 3.77. The lowest BCUT2D eigenvalue weighted by molar-refractivity contribution is 0.214. The van der Waals surface area contributed by atoms with Crippen molar-refractivity contribution >= 4 is 11.6 Å². The predicted octanol–water partition coefficient (Wildman–Crippen LogP) is 4.30. The van der Waals surface area contributed by atoms with Gasteiger partial charge in [-0.15, -0.1) is 0 Å². The van der Waals surface area contributed by atoms with Gasteiger partial charge in [-0.2, -0.15) is 0 Å². The van der Waals surface area contributed by atoms with Crippen molar-refractivity contribution in [2.45, 2.75) is 57.5 Å². The number of hydrogen-bond acceptors (Lipinski definition) is 3. The van der Waals surface area contributed by atoms with Crippen LogP contribution in [0.5, 0.6) is 11.5 Å². The molecule has 0 atom stereocenters. The molecular formula is C17H26ClNO2. The zero-order valence-electron chi connectivity index (χ0n) is 13.2. The number of rotatable bonds is 5. The number of hydrogen-bond donors (Lipinski definition) is 1. The van der Waals surface area contributed by atoms with Crippen molar-refractivity contribution < 1.29 is 9.47 Å². The molecule has 0 bridgehead atoms. The van der Waals surface area contributed by atoms with Crippen LogP contribution in [-0.2, 0) is 5.41 Å². The van der Waals surface area contributed by atoms with Crippen LogP contribution in [0.3, 0.4) is 0 Å². The normalized spacial score (nSPS) is 17.8. The van der Waals surface area contributed by atoms with E-state index in [0.29, 0.717) is 6.54 Å². The van der Waals surface area contributed by atoms with E-state index in [4.69, 9.17) is 26.8 Å². The minimum atomic E-state index is -0.0892. The van der Waals surface area contributed by atoms with E-state index in [0.717, 1.165) is 34.9 Å². The van der Waals surface area contributed by atoms with Crippen molar-refractivity contribution in [3.8, 4) is 11.5 Å². The lowest BCUT2D eigenvalue weighted by atomic mass is 9.69. The lowest BCUT2D eigenvalue weighted by Gasteiger charge is -2.39. The van der Waals surface area contributed by atoms with Crippen LogP contribution < -0.4 is 15.2 Å². The summed E-state index contributed by atoms with van der Waals surface area (Å²) in [6.45, 7) is 4.62. The number of ether oxygens (including phenoxy) is 2. The van der Waals surface area contributed by atoms with E-state index in [1.165, 1.54) is 19.3 Å². The van der Waals surface area contributed by atoms with Gasteiger partial charge in [0.1, 0.15) is 0 Å². The molecule has 0 spiro atoms. The van der Waals surface area contributed by atoms with E-state index in [9.17, 15) is 0 Å². The molecule has 1 fully saturated rings. The van der Waals surface area contributed by atoms with Gasteiger partial charge >= 0.3 is 0 Å². The van der Waals surface area contributed by atoms with Crippen LogP contribution in [0.4, 0.5) is 0 Å². The van der Waals surface area contributed by atoms with Gasteiger partial charge in [0, 0.05) is 22.5 Å². The summed E-state index contributed by atoms with van der Waals surface area (Å²) < 4.78 is 11.6. The first-order chi connectivity index (χ1) is 10.0. The Kier molecular flexibility index (Phi) is 5.39. The van der Waals surface area contributed by atoms with Crippen LogP contribution in [0, 0.1) is 0 Å². The zero-order chi connectivity index (χ0) is 15.5. The highest BCUT2D eigenvalue weighted by atomic mass is 35.5. The summed E-state index contributed by atoms with van der Waals surface area (Å²) in [4.78, 5) is 0. The van der Waals surface area contributed by atoms with Gasteiger partial charge < -0.3 is 15.2 Å². The maximum Gasteiger partial charge on any atom is 0.166 e. The van der Waals surface area contributed by atoms with Crippen molar-refractivity contribution in [1.29, 1.82) is 0 Å². The fourth-order valence-corrected chi connectivity index (χ4v) is 3.68. The third kappa shape index (κ3) is 3.29. The SMILES string of the molecule is COc1ccc(Cl)c(C2(CN)CCCCC2)c1OC(C)C. The maximum absolute atomic E-state index is 6.55. The molecular weight excluding hydrogens is 286 g/mol. The van der Waals surface area contributed by atoms with Crippen LogP contribution in [0.15, 0.2) is 12.1 Å². The Balaban J connectivity index is 2.58. The Bertz CT molecular complexity index is 482. The largest absolute Gasteiger partial charge is 0.493 e. The second-order valence-electron chi connectivity index (χ2n) is 6.17. The van der Waals surface area contributed by atoms with Crippen molar-refractivity contribution in [3.63, 3.8) is 0 Å². The Hall–Kier alpha value is -0.930. The van der Waals surface area contributed by atoms with Crippen molar-refractivity contribution in [2.24, 2.45) is 5.73 Å². The van der Waals surface area contributed by atoms with Gasteiger partial charge in [-0.05, 0) is 38.8 Å². The molecule has 0 unspecified atom stereocenters. The topological polar surface area (TPSA) is 44.5 Å². The van der Waals surface area contributed by atoms with Crippen molar-refractivity contribution in [2.75, 3.05) is 13.7 Å². The molecule has 0 aliphatic heterocycles. The Morgan fingerprint density at radius 3 is 2.43 bits per heavy atom. The summed E-state index contributed by atoms with van der Waals surface area (Å²) in [7, 11) is 1.66. The monoisotopic (exact) mass is 311 g/mol. The summed E-state index contributed by atoms with van der Waals surface area (Å²) in [5.41, 5.74) is 7.13. The molecule has 1 aromatic carbocycles. The van der Waals surface area contributed by atoms with Gasteiger partial charge in [0.15, 0.2) is 11.5 Å². The van der Waals surface area contributed by atoms with Crippen LogP contribution in [0.25, 0.3) is 0 Å². The van der Waals surface area contributed by atoms with Gasteiger partial charge in [0.2, 0.25) is 0 Å². The van der Waals surface area contributed by atoms with E-state index < -0.39 is 0 Å². The first-order valence-electron chi connectivity index (χ1n) is 7.78. The molecule has 1 aromatic rings. The second-order valence-corrected chi connectivity index (χ2v) is 6.57. The van der Waals surface area contributed by atoms with Crippen molar-refractivity contribution in [1.82, 2.24) is 0 Å². The molecule has 0 saturated heterocycles. The lowest BCUT2D eigenvalue weighted by Crippen LogP contribution is -2.38. The molecule has 1 aliphatic carbocycles. The summed E-state index contributed by atoms with van der Waals surface area (Å²) >= 11 is 6.55. The molecule has 3 nitrogen and oxygen atoms in total. The average Bonchev–Trinajstić information content (AvgIpc) is 2.48. The van der Waals surface area contributed by atoms with Crippen LogP contribution in [0.2, 0.25) is 5.02 Å². The number of halogens is 1. The van der Waals surface area contributed by atoms with Gasteiger partial charge in [0.05, 0.1) is 13.2 Å². The van der Waals surface area contributed by atoms with Crippen LogP contribution >= 0.6 is 11.6 Å². The number of benzene rings is 1. The van der Waals surface area contributed by atoms with Crippen LogP contribution in [-0.4, -0.2) is 19.8 Å². The summed E-state index contributed by atoms with van der Waals surface area (Å²) in [6.07, 6.45) is 5.83. The van der Waals surface area contributed by atoms with Gasteiger partial charge in [0.25, 0.3) is 0 Å². The van der Waals surface area contributed by atoms with Gasteiger partial charge in [-0.3, -0.25) is 0 Å². The third-order valence-electron chi connectivity index (χ3n) is 4.38. The maximum atomic E-state index is 6.55. The fourth-order valence-electron chi connectivity index (χ4n) is 3.33. The van der Waals surface area contributed by atoms with E-state index in [2.05, 4.69) is 0 Å². The Morgan fingerprint density at radius 2 is 1.90 bits per heavy atom. The molecule has 0 aromatic heterocycles. The highest BCUT2D eigenvalue weighted by molar-refractivity contribution is 6.31. The molecule has 0 radical (unpaired) electrons. The highest BCUT2D eigenvalue weighted by Crippen LogP contribution is 2.49. The number of nitrogens with two attached hydrogens (primary N) is 1.